The number of hydrogen-bond donors (Lipinski definition) is 0. The molecule has 0 heterocycles. The van der Waals surface area contributed by atoms with Crippen LogP contribution >= 0.6 is 0 Å². The third-order valence-corrected chi connectivity index (χ3v) is 4.44. The zero-order valence-corrected chi connectivity index (χ0v) is 13.0. The van der Waals surface area contributed by atoms with Gasteiger partial charge in [-0.15, -0.1) is 0 Å². The van der Waals surface area contributed by atoms with Crippen molar-refractivity contribution in [3.8, 4) is 5.75 Å². The number of ether oxygens (including phenoxy) is 1. The number of carbonyl (C=O) groups is 1. The van der Waals surface area contributed by atoms with Crippen molar-refractivity contribution in [2.45, 2.75) is 39.2 Å². The molecule has 1 saturated carbocycles. The van der Waals surface area contributed by atoms with E-state index in [0.717, 1.165) is 35.3 Å². The summed E-state index contributed by atoms with van der Waals surface area (Å²) in [6.07, 6.45) is 4.47. The van der Waals surface area contributed by atoms with Gasteiger partial charge in [0.25, 0.3) is 0 Å². The maximum atomic E-state index is 12.5. The van der Waals surface area contributed by atoms with Gasteiger partial charge in [-0.1, -0.05) is 43.2 Å². The van der Waals surface area contributed by atoms with Crippen LogP contribution in [0.3, 0.4) is 0 Å². The monoisotopic (exact) mass is 294 g/mol. The Morgan fingerprint density at radius 3 is 2.50 bits per heavy atom. The zero-order valence-electron chi connectivity index (χ0n) is 13.0. The molecule has 0 amide bonds. The molecule has 114 valence electrons. The van der Waals surface area contributed by atoms with Gasteiger partial charge in [-0.25, -0.2) is 0 Å². The molecule has 2 nitrogen and oxygen atoms in total. The lowest BCUT2D eigenvalue weighted by Crippen LogP contribution is -2.12. The van der Waals surface area contributed by atoms with Crippen molar-refractivity contribution in [3.63, 3.8) is 0 Å². The van der Waals surface area contributed by atoms with Crippen molar-refractivity contribution in [1.29, 1.82) is 0 Å². The summed E-state index contributed by atoms with van der Waals surface area (Å²) in [5, 5.41) is 0. The Kier molecular flexibility index (Phi) is 4.57. The molecule has 0 spiro atoms. The fraction of sp³-hybridized carbons (Fsp3) is 0.350. The van der Waals surface area contributed by atoms with Gasteiger partial charge in [0.2, 0.25) is 0 Å². The molecular weight excluding hydrogens is 272 g/mol. The summed E-state index contributed by atoms with van der Waals surface area (Å²) in [4.78, 5) is 12.5. The molecule has 1 fully saturated rings. The maximum Gasteiger partial charge on any atom is 0.166 e. The first-order valence-corrected chi connectivity index (χ1v) is 8.05. The van der Waals surface area contributed by atoms with Crippen LogP contribution in [-0.2, 0) is 6.61 Å². The number of benzene rings is 2. The first-order valence-electron chi connectivity index (χ1n) is 8.05. The lowest BCUT2D eigenvalue weighted by molar-refractivity contribution is 0.0922. The molecule has 2 aromatic carbocycles. The van der Waals surface area contributed by atoms with Gasteiger partial charge in [-0.3, -0.25) is 4.79 Å². The highest BCUT2D eigenvalue weighted by atomic mass is 16.5. The fourth-order valence-corrected chi connectivity index (χ4v) is 3.15. The molecule has 0 atom stereocenters. The van der Waals surface area contributed by atoms with Gasteiger partial charge in [-0.2, -0.15) is 0 Å². The van der Waals surface area contributed by atoms with E-state index in [1.165, 1.54) is 12.8 Å². The number of carbonyl (C=O) groups excluding carboxylic acids is 1. The van der Waals surface area contributed by atoms with E-state index in [9.17, 15) is 4.79 Å². The largest absolute Gasteiger partial charge is 0.489 e. The molecule has 22 heavy (non-hydrogen) atoms. The highest BCUT2D eigenvalue weighted by Crippen LogP contribution is 2.30. The molecule has 0 aliphatic heterocycles. The molecule has 0 radical (unpaired) electrons. The molecule has 2 heteroatoms. The molecule has 2 aromatic rings. The van der Waals surface area contributed by atoms with Crippen LogP contribution < -0.4 is 4.74 Å². The molecule has 0 saturated heterocycles. The van der Waals surface area contributed by atoms with Crippen LogP contribution in [0.1, 0.15) is 47.2 Å². The summed E-state index contributed by atoms with van der Waals surface area (Å²) in [7, 11) is 0. The Morgan fingerprint density at radius 2 is 1.82 bits per heavy atom. The lowest BCUT2D eigenvalue weighted by Gasteiger charge is -2.12. The van der Waals surface area contributed by atoms with Crippen LogP contribution in [0.2, 0.25) is 0 Å². The van der Waals surface area contributed by atoms with E-state index in [2.05, 4.69) is 0 Å². The Labute approximate surface area is 132 Å². The van der Waals surface area contributed by atoms with Crippen molar-refractivity contribution in [2.75, 3.05) is 0 Å². The van der Waals surface area contributed by atoms with Crippen molar-refractivity contribution in [1.82, 2.24) is 0 Å². The normalized spacial score (nSPS) is 15.0. The van der Waals surface area contributed by atoms with Gasteiger partial charge < -0.3 is 4.74 Å². The average Bonchev–Trinajstić information content (AvgIpc) is 3.08. The summed E-state index contributed by atoms with van der Waals surface area (Å²) < 4.78 is 5.82. The standard InChI is InChI=1S/C20H22O2/c1-15-13-18(22-14-16-7-3-2-4-8-16)11-12-19(15)20(21)17-9-5-6-10-17/h2-4,7-8,11-13,17H,5-6,9-10,14H2,1H3. The third-order valence-electron chi connectivity index (χ3n) is 4.44. The smallest absolute Gasteiger partial charge is 0.166 e. The van der Waals surface area contributed by atoms with Gasteiger partial charge in [0.1, 0.15) is 12.4 Å². The number of ketones is 1. The fourth-order valence-electron chi connectivity index (χ4n) is 3.15. The number of aryl methyl sites for hydroxylation is 1. The van der Waals surface area contributed by atoms with Crippen LogP contribution in [0.4, 0.5) is 0 Å². The van der Waals surface area contributed by atoms with Gasteiger partial charge in [0, 0.05) is 11.5 Å². The minimum absolute atomic E-state index is 0.231. The van der Waals surface area contributed by atoms with Crippen LogP contribution in [0.25, 0.3) is 0 Å². The maximum absolute atomic E-state index is 12.5. The van der Waals surface area contributed by atoms with E-state index >= 15 is 0 Å². The topological polar surface area (TPSA) is 26.3 Å². The minimum atomic E-state index is 0.231. The van der Waals surface area contributed by atoms with E-state index in [1.807, 2.05) is 55.5 Å². The van der Waals surface area contributed by atoms with Gasteiger partial charge in [0.15, 0.2) is 5.78 Å². The second-order valence-corrected chi connectivity index (χ2v) is 6.10. The van der Waals surface area contributed by atoms with E-state index in [-0.39, 0.29) is 5.92 Å². The van der Waals surface area contributed by atoms with E-state index in [0.29, 0.717) is 12.4 Å². The Balaban J connectivity index is 1.68. The van der Waals surface area contributed by atoms with Crippen molar-refractivity contribution >= 4 is 5.78 Å². The predicted molar refractivity (Wildman–Crippen MR) is 88.2 cm³/mol. The Morgan fingerprint density at radius 1 is 1.09 bits per heavy atom. The van der Waals surface area contributed by atoms with E-state index in [4.69, 9.17) is 4.74 Å². The van der Waals surface area contributed by atoms with Crippen molar-refractivity contribution in [2.24, 2.45) is 5.92 Å². The van der Waals surface area contributed by atoms with Crippen molar-refractivity contribution in [3.05, 3.63) is 65.2 Å². The van der Waals surface area contributed by atoms with Gasteiger partial charge >= 0.3 is 0 Å². The molecular formula is C20H22O2. The molecule has 0 unspecified atom stereocenters. The number of rotatable bonds is 5. The summed E-state index contributed by atoms with van der Waals surface area (Å²) in [6.45, 7) is 2.55. The van der Waals surface area contributed by atoms with Crippen LogP contribution in [-0.4, -0.2) is 5.78 Å². The highest BCUT2D eigenvalue weighted by Gasteiger charge is 2.24. The van der Waals surface area contributed by atoms with Gasteiger partial charge in [0.05, 0.1) is 0 Å². The summed E-state index contributed by atoms with van der Waals surface area (Å²) in [5.74, 6) is 1.36. The quantitative estimate of drug-likeness (QED) is 0.729. The Bertz CT molecular complexity index is 640. The third kappa shape index (κ3) is 3.38. The average molecular weight is 294 g/mol. The first kappa shape index (κ1) is 14.8. The summed E-state index contributed by atoms with van der Waals surface area (Å²) in [5.41, 5.74) is 3.02. The number of hydrogen-bond acceptors (Lipinski definition) is 2. The van der Waals surface area contributed by atoms with Gasteiger partial charge in [-0.05, 0) is 49.1 Å². The predicted octanol–water partition coefficient (Wildman–Crippen LogP) is 4.95. The second kappa shape index (κ2) is 6.78. The molecule has 0 N–H and O–H groups in total. The minimum Gasteiger partial charge on any atom is -0.489 e. The zero-order chi connectivity index (χ0) is 15.4. The SMILES string of the molecule is Cc1cc(OCc2ccccc2)ccc1C(=O)C1CCCC1. The van der Waals surface area contributed by atoms with E-state index < -0.39 is 0 Å². The molecule has 3 rings (SSSR count). The van der Waals surface area contributed by atoms with Crippen molar-refractivity contribution < 1.29 is 9.53 Å². The molecule has 0 bridgehead atoms. The Hall–Kier alpha value is -2.09. The highest BCUT2D eigenvalue weighted by molar-refractivity contribution is 5.99. The van der Waals surface area contributed by atoms with Crippen LogP contribution in [0, 0.1) is 12.8 Å². The summed E-state index contributed by atoms with van der Waals surface area (Å²) in [6, 6.07) is 15.9. The van der Waals surface area contributed by atoms with E-state index in [1.54, 1.807) is 0 Å². The number of Topliss-reactive ketones (excluding diaryl/α,β-unsaturated/α-hetero) is 1. The lowest BCUT2D eigenvalue weighted by atomic mass is 9.93. The summed E-state index contributed by atoms with van der Waals surface area (Å²) >= 11 is 0. The second-order valence-electron chi connectivity index (χ2n) is 6.10. The van der Waals surface area contributed by atoms with Crippen LogP contribution in [0.5, 0.6) is 5.75 Å². The molecule has 0 aromatic heterocycles. The molecule has 1 aliphatic rings. The first-order chi connectivity index (χ1) is 10.7. The van der Waals surface area contributed by atoms with Crippen LogP contribution in [0.15, 0.2) is 48.5 Å². The molecule has 1 aliphatic carbocycles.